The molecule has 0 aromatic heterocycles. The molecule has 1 aromatic carbocycles. The van der Waals surface area contributed by atoms with Gasteiger partial charge >= 0.3 is 0 Å². The first-order valence-electron chi connectivity index (χ1n) is 8.13. The second-order valence-corrected chi connectivity index (χ2v) is 9.03. The number of carbonyl (C=O) groups is 2. The zero-order chi connectivity index (χ0) is 17.4. The fourth-order valence-electron chi connectivity index (χ4n) is 3.19. The van der Waals surface area contributed by atoms with Gasteiger partial charge in [0.1, 0.15) is 5.41 Å². The fourth-order valence-corrected chi connectivity index (χ4v) is 4.86. The smallest absolute Gasteiger partial charge is 0.238 e. The Morgan fingerprint density at radius 1 is 1.25 bits per heavy atom. The monoisotopic (exact) mass is 350 g/mol. The number of amides is 2. The molecule has 7 heteroatoms. The van der Waals surface area contributed by atoms with Crippen molar-refractivity contribution in [2.24, 2.45) is 5.41 Å². The molecule has 0 bridgehead atoms. The Hall–Kier alpha value is -1.89. The van der Waals surface area contributed by atoms with Crippen LogP contribution in [0.1, 0.15) is 24.8 Å². The van der Waals surface area contributed by atoms with Crippen molar-refractivity contribution in [3.8, 4) is 0 Å². The molecule has 0 spiro atoms. The van der Waals surface area contributed by atoms with Gasteiger partial charge in [0.15, 0.2) is 9.84 Å². The van der Waals surface area contributed by atoms with Gasteiger partial charge in [-0.05, 0) is 24.8 Å². The van der Waals surface area contributed by atoms with Crippen molar-refractivity contribution < 1.29 is 18.0 Å². The predicted molar refractivity (Wildman–Crippen MR) is 89.8 cm³/mol. The zero-order valence-corrected chi connectivity index (χ0v) is 14.5. The van der Waals surface area contributed by atoms with Crippen molar-refractivity contribution in [3.05, 3.63) is 35.9 Å². The second kappa shape index (κ2) is 6.20. The summed E-state index contributed by atoms with van der Waals surface area (Å²) in [4.78, 5) is 26.8. The summed E-state index contributed by atoms with van der Waals surface area (Å²) in [7, 11) is -1.36. The lowest BCUT2D eigenvalue weighted by atomic mass is 10.0. The number of nitrogens with one attached hydrogen (secondary N) is 1. The Labute approximate surface area is 142 Å². The van der Waals surface area contributed by atoms with Crippen LogP contribution in [0.4, 0.5) is 0 Å². The summed E-state index contributed by atoms with van der Waals surface area (Å²) in [6.07, 6.45) is 1.48. The average molecular weight is 350 g/mol. The zero-order valence-electron chi connectivity index (χ0n) is 13.7. The predicted octanol–water partition coefficient (Wildman–Crippen LogP) is 0.728. The maximum absolute atomic E-state index is 12.7. The lowest BCUT2D eigenvalue weighted by molar-refractivity contribution is -0.143. The van der Waals surface area contributed by atoms with Gasteiger partial charge in [0.05, 0.1) is 11.5 Å². The van der Waals surface area contributed by atoms with Crippen LogP contribution in [0.5, 0.6) is 0 Å². The van der Waals surface area contributed by atoms with Crippen LogP contribution in [0.15, 0.2) is 30.3 Å². The minimum atomic E-state index is -3.05. The SMILES string of the molecule is CN(Cc1ccccc1)C(=O)C1(C(=O)NC2CCS(=O)(=O)C2)CC1. The van der Waals surface area contributed by atoms with Crippen LogP contribution in [-0.2, 0) is 26.0 Å². The Bertz CT molecular complexity index is 741. The summed E-state index contributed by atoms with van der Waals surface area (Å²) in [6, 6.07) is 9.24. The molecule has 1 aliphatic heterocycles. The van der Waals surface area contributed by atoms with E-state index < -0.39 is 15.3 Å². The highest BCUT2D eigenvalue weighted by Gasteiger charge is 2.58. The number of sulfone groups is 1. The van der Waals surface area contributed by atoms with Crippen molar-refractivity contribution in [1.82, 2.24) is 10.2 Å². The minimum absolute atomic E-state index is 0.0249. The van der Waals surface area contributed by atoms with E-state index in [4.69, 9.17) is 0 Å². The first kappa shape index (κ1) is 17.0. The van der Waals surface area contributed by atoms with E-state index in [1.165, 1.54) is 0 Å². The Morgan fingerprint density at radius 3 is 2.46 bits per heavy atom. The van der Waals surface area contributed by atoms with Crippen LogP contribution in [0, 0.1) is 5.41 Å². The molecule has 0 radical (unpaired) electrons. The molecule has 130 valence electrons. The molecule has 3 rings (SSSR count). The van der Waals surface area contributed by atoms with E-state index >= 15 is 0 Å². The molecule has 1 aromatic rings. The first-order chi connectivity index (χ1) is 11.3. The summed E-state index contributed by atoms with van der Waals surface area (Å²) in [6.45, 7) is 0.451. The molecule has 1 aliphatic carbocycles. The second-order valence-electron chi connectivity index (χ2n) is 6.80. The Kier molecular flexibility index (Phi) is 4.38. The van der Waals surface area contributed by atoms with Crippen LogP contribution in [-0.4, -0.2) is 49.7 Å². The van der Waals surface area contributed by atoms with E-state index in [0.717, 1.165) is 5.56 Å². The average Bonchev–Trinajstić information content (AvgIpc) is 3.28. The molecule has 1 saturated carbocycles. The van der Waals surface area contributed by atoms with Gasteiger partial charge in [0.2, 0.25) is 11.8 Å². The largest absolute Gasteiger partial charge is 0.351 e. The summed E-state index contributed by atoms with van der Waals surface area (Å²) >= 11 is 0. The molecule has 6 nitrogen and oxygen atoms in total. The molecular formula is C17H22N2O4S. The summed E-state index contributed by atoms with van der Waals surface area (Å²) in [5.74, 6) is -0.436. The van der Waals surface area contributed by atoms with Crippen molar-refractivity contribution in [2.75, 3.05) is 18.6 Å². The third-order valence-corrected chi connectivity index (χ3v) is 6.54. The lowest BCUT2D eigenvalue weighted by Gasteiger charge is -2.24. The van der Waals surface area contributed by atoms with Gasteiger partial charge in [-0.3, -0.25) is 9.59 Å². The van der Waals surface area contributed by atoms with Gasteiger partial charge < -0.3 is 10.2 Å². The van der Waals surface area contributed by atoms with Crippen molar-refractivity contribution in [1.29, 1.82) is 0 Å². The van der Waals surface area contributed by atoms with Crippen LogP contribution < -0.4 is 5.32 Å². The summed E-state index contributed by atoms with van der Waals surface area (Å²) < 4.78 is 23.0. The Morgan fingerprint density at radius 2 is 1.92 bits per heavy atom. The fraction of sp³-hybridized carbons (Fsp3) is 0.529. The number of benzene rings is 1. The van der Waals surface area contributed by atoms with Crippen molar-refractivity contribution in [2.45, 2.75) is 31.8 Å². The van der Waals surface area contributed by atoms with E-state index in [1.54, 1.807) is 11.9 Å². The molecule has 1 atom stereocenters. The van der Waals surface area contributed by atoms with Gasteiger partial charge in [0, 0.05) is 19.6 Å². The van der Waals surface area contributed by atoms with Crippen LogP contribution in [0.25, 0.3) is 0 Å². The molecule has 2 amide bonds. The maximum atomic E-state index is 12.7. The van der Waals surface area contributed by atoms with E-state index in [1.807, 2.05) is 30.3 Å². The molecule has 2 fully saturated rings. The topological polar surface area (TPSA) is 83.6 Å². The quantitative estimate of drug-likeness (QED) is 0.794. The third kappa shape index (κ3) is 3.45. The van der Waals surface area contributed by atoms with Crippen molar-refractivity contribution >= 4 is 21.7 Å². The number of hydrogen-bond acceptors (Lipinski definition) is 4. The van der Waals surface area contributed by atoms with Gasteiger partial charge in [-0.1, -0.05) is 30.3 Å². The number of hydrogen-bond donors (Lipinski definition) is 1. The summed E-state index contributed by atoms with van der Waals surface area (Å²) in [5, 5.41) is 2.77. The van der Waals surface area contributed by atoms with Crippen LogP contribution >= 0.6 is 0 Å². The molecule has 24 heavy (non-hydrogen) atoms. The highest BCUT2D eigenvalue weighted by atomic mass is 32.2. The Balaban J connectivity index is 1.62. The molecule has 2 aliphatic rings. The van der Waals surface area contributed by atoms with E-state index in [-0.39, 0.29) is 29.4 Å². The molecule has 1 N–H and O–H groups in total. The molecule has 1 saturated heterocycles. The lowest BCUT2D eigenvalue weighted by Crippen LogP contribution is -2.47. The minimum Gasteiger partial charge on any atom is -0.351 e. The number of nitrogens with zero attached hydrogens (tertiary/aromatic N) is 1. The van der Waals surface area contributed by atoms with Crippen molar-refractivity contribution in [3.63, 3.8) is 0 Å². The van der Waals surface area contributed by atoms with Crippen LogP contribution in [0.3, 0.4) is 0 Å². The number of rotatable bonds is 5. The third-order valence-electron chi connectivity index (χ3n) is 4.77. The van der Waals surface area contributed by atoms with E-state index in [2.05, 4.69) is 5.32 Å². The molecule has 1 heterocycles. The molecule has 1 unspecified atom stereocenters. The molecular weight excluding hydrogens is 328 g/mol. The highest BCUT2D eigenvalue weighted by molar-refractivity contribution is 7.91. The first-order valence-corrected chi connectivity index (χ1v) is 9.95. The number of carbonyl (C=O) groups excluding carboxylic acids is 2. The summed E-state index contributed by atoms with van der Waals surface area (Å²) in [5.41, 5.74) is 0.00188. The maximum Gasteiger partial charge on any atom is 0.238 e. The standard InChI is InChI=1S/C17H22N2O4S/c1-19(11-13-5-3-2-4-6-13)16(21)17(8-9-17)15(20)18-14-7-10-24(22,23)12-14/h2-6,14H,7-12H2,1H3,(H,18,20). The van der Waals surface area contributed by atoms with Gasteiger partial charge in [-0.15, -0.1) is 0 Å². The normalized spacial score (nSPS) is 23.5. The van der Waals surface area contributed by atoms with E-state index in [9.17, 15) is 18.0 Å². The van der Waals surface area contributed by atoms with Gasteiger partial charge in [0.25, 0.3) is 0 Å². The van der Waals surface area contributed by atoms with Gasteiger partial charge in [-0.25, -0.2) is 8.42 Å². The van der Waals surface area contributed by atoms with E-state index in [0.29, 0.717) is 25.8 Å². The van der Waals surface area contributed by atoms with Gasteiger partial charge in [-0.2, -0.15) is 0 Å². The highest BCUT2D eigenvalue weighted by Crippen LogP contribution is 2.47. The van der Waals surface area contributed by atoms with Crippen LogP contribution in [0.2, 0.25) is 0 Å².